The Labute approximate surface area is 109 Å². The van der Waals surface area contributed by atoms with E-state index in [2.05, 4.69) is 4.74 Å². The number of ketones is 1. The summed E-state index contributed by atoms with van der Waals surface area (Å²) < 4.78 is 4.48. The van der Waals surface area contributed by atoms with Crippen molar-refractivity contribution < 1.29 is 38.6 Å². The van der Waals surface area contributed by atoms with E-state index in [4.69, 9.17) is 0 Å². The molecule has 0 aromatic heterocycles. The molecule has 5 heteroatoms. The standard InChI is InChI=1S/C11H18O4.Ru/c1-10(2,3)7(12)8(13)15-9(14)11(4,5)6;/h1-6H3;. The molecular weight excluding hydrogens is 297 g/mol. The van der Waals surface area contributed by atoms with Gasteiger partial charge < -0.3 is 4.74 Å². The zero-order valence-corrected chi connectivity index (χ0v) is 12.2. The largest absolute Gasteiger partial charge is 0.387 e. The number of carbonyl (C=O) groups excluding carboxylic acids is 3. The molecule has 0 saturated carbocycles. The fourth-order valence-corrected chi connectivity index (χ4v) is 0.590. The number of esters is 2. The molecule has 0 atom stereocenters. The third kappa shape index (κ3) is 5.50. The number of hydrogen-bond acceptors (Lipinski definition) is 4. The first-order valence-corrected chi connectivity index (χ1v) is 4.77. The molecule has 94 valence electrons. The van der Waals surface area contributed by atoms with Crippen LogP contribution < -0.4 is 0 Å². The van der Waals surface area contributed by atoms with Gasteiger partial charge in [0.1, 0.15) is 0 Å². The molecular formula is C11H18O4Ru. The molecule has 0 unspecified atom stereocenters. The smallest absolute Gasteiger partial charge is 0.382 e. The van der Waals surface area contributed by atoms with Crippen molar-refractivity contribution >= 4 is 17.7 Å². The Morgan fingerprint density at radius 3 is 1.44 bits per heavy atom. The van der Waals surface area contributed by atoms with Crippen LogP contribution in [0.15, 0.2) is 0 Å². The van der Waals surface area contributed by atoms with Gasteiger partial charge in [0.2, 0.25) is 5.78 Å². The van der Waals surface area contributed by atoms with Crippen molar-refractivity contribution in [2.75, 3.05) is 0 Å². The Morgan fingerprint density at radius 2 is 1.19 bits per heavy atom. The van der Waals surface area contributed by atoms with Crippen LogP contribution in [0.4, 0.5) is 0 Å². The van der Waals surface area contributed by atoms with Crippen molar-refractivity contribution in [1.29, 1.82) is 0 Å². The molecule has 0 aromatic rings. The molecule has 0 aliphatic rings. The summed E-state index contributed by atoms with van der Waals surface area (Å²) in [6, 6.07) is 0. The zero-order chi connectivity index (χ0) is 12.4. The van der Waals surface area contributed by atoms with E-state index < -0.39 is 28.6 Å². The average molecular weight is 315 g/mol. The molecule has 0 heterocycles. The maximum Gasteiger partial charge on any atom is 0.382 e. The van der Waals surface area contributed by atoms with Gasteiger partial charge in [-0.1, -0.05) is 20.8 Å². The summed E-state index contributed by atoms with van der Waals surface area (Å²) in [5.74, 6) is -2.47. The van der Waals surface area contributed by atoms with E-state index in [0.29, 0.717) is 0 Å². The van der Waals surface area contributed by atoms with Crippen LogP contribution in [0.1, 0.15) is 41.5 Å². The van der Waals surface area contributed by atoms with Gasteiger partial charge in [-0.2, -0.15) is 0 Å². The molecule has 0 spiro atoms. The van der Waals surface area contributed by atoms with Gasteiger partial charge in [0.15, 0.2) is 0 Å². The fraction of sp³-hybridized carbons (Fsp3) is 0.727. The molecule has 0 N–H and O–H groups in total. The maximum absolute atomic E-state index is 11.4. The van der Waals surface area contributed by atoms with Gasteiger partial charge in [-0.15, -0.1) is 0 Å². The predicted molar refractivity (Wildman–Crippen MR) is 55.0 cm³/mol. The summed E-state index contributed by atoms with van der Waals surface area (Å²) in [4.78, 5) is 34.0. The van der Waals surface area contributed by atoms with E-state index in [-0.39, 0.29) is 19.5 Å². The van der Waals surface area contributed by atoms with Gasteiger partial charge in [-0.25, -0.2) is 4.79 Å². The van der Waals surface area contributed by atoms with Crippen molar-refractivity contribution in [1.82, 2.24) is 0 Å². The number of hydrogen-bond donors (Lipinski definition) is 0. The molecule has 16 heavy (non-hydrogen) atoms. The third-order valence-electron chi connectivity index (χ3n) is 1.66. The second-order valence-corrected chi connectivity index (χ2v) is 5.51. The van der Waals surface area contributed by atoms with Crippen molar-refractivity contribution in [3.8, 4) is 0 Å². The first-order valence-electron chi connectivity index (χ1n) is 4.77. The van der Waals surface area contributed by atoms with Gasteiger partial charge in [0.25, 0.3) is 0 Å². The average Bonchev–Trinajstić information content (AvgIpc) is 1.99. The minimum Gasteiger partial charge on any atom is -0.387 e. The van der Waals surface area contributed by atoms with Crippen LogP contribution in [0.3, 0.4) is 0 Å². The predicted octanol–water partition coefficient (Wildman–Crippen LogP) is 1.71. The molecule has 0 aliphatic carbocycles. The van der Waals surface area contributed by atoms with Crippen LogP contribution in [0.5, 0.6) is 0 Å². The summed E-state index contributed by atoms with van der Waals surface area (Å²) in [5, 5.41) is 0. The molecule has 0 rings (SSSR count). The van der Waals surface area contributed by atoms with Crippen molar-refractivity contribution in [2.45, 2.75) is 41.5 Å². The summed E-state index contributed by atoms with van der Waals surface area (Å²) in [6.07, 6.45) is 0. The van der Waals surface area contributed by atoms with E-state index in [0.717, 1.165) is 0 Å². The van der Waals surface area contributed by atoms with E-state index in [1.807, 2.05) is 0 Å². The fourth-order valence-electron chi connectivity index (χ4n) is 0.590. The first kappa shape index (κ1) is 17.8. The SMILES string of the molecule is CC(C)(C)C(=O)OC(=O)C(=O)C(C)(C)C.[Ru]. The Morgan fingerprint density at radius 1 is 0.812 bits per heavy atom. The summed E-state index contributed by atoms with van der Waals surface area (Å²) in [6.45, 7) is 9.63. The van der Waals surface area contributed by atoms with E-state index in [1.54, 1.807) is 41.5 Å². The van der Waals surface area contributed by atoms with E-state index in [9.17, 15) is 14.4 Å². The second-order valence-electron chi connectivity index (χ2n) is 5.51. The molecule has 0 aromatic carbocycles. The van der Waals surface area contributed by atoms with Gasteiger partial charge >= 0.3 is 11.9 Å². The van der Waals surface area contributed by atoms with Crippen LogP contribution >= 0.6 is 0 Å². The molecule has 0 aliphatic heterocycles. The summed E-state index contributed by atoms with van der Waals surface area (Å²) in [5.41, 5.74) is -1.61. The van der Waals surface area contributed by atoms with Crippen molar-refractivity contribution in [3.05, 3.63) is 0 Å². The normalized spacial score (nSPS) is 11.4. The Kier molecular flexibility index (Phi) is 6.31. The molecule has 0 radical (unpaired) electrons. The van der Waals surface area contributed by atoms with Gasteiger partial charge in [-0.3, -0.25) is 9.59 Å². The molecule has 0 saturated heterocycles. The second kappa shape index (κ2) is 5.67. The number of ether oxygens (including phenoxy) is 1. The van der Waals surface area contributed by atoms with Crippen molar-refractivity contribution in [3.63, 3.8) is 0 Å². The zero-order valence-electron chi connectivity index (χ0n) is 10.5. The van der Waals surface area contributed by atoms with E-state index in [1.165, 1.54) is 0 Å². The molecule has 4 nitrogen and oxygen atoms in total. The van der Waals surface area contributed by atoms with Crippen LogP contribution in [-0.2, 0) is 38.6 Å². The first-order chi connectivity index (χ1) is 6.46. The number of Topliss-reactive ketones (excluding diaryl/α,β-unsaturated/α-hetero) is 1. The van der Waals surface area contributed by atoms with E-state index >= 15 is 0 Å². The minimum atomic E-state index is -1.08. The van der Waals surface area contributed by atoms with Gasteiger partial charge in [-0.05, 0) is 20.8 Å². The summed E-state index contributed by atoms with van der Waals surface area (Å²) in [7, 11) is 0. The van der Waals surface area contributed by atoms with Crippen LogP contribution in [0.25, 0.3) is 0 Å². The Hall–Kier alpha value is -0.567. The maximum atomic E-state index is 11.4. The van der Waals surface area contributed by atoms with Gasteiger partial charge in [0.05, 0.1) is 5.41 Å². The monoisotopic (exact) mass is 316 g/mol. The quantitative estimate of drug-likeness (QED) is 0.320. The van der Waals surface area contributed by atoms with Crippen LogP contribution in [0.2, 0.25) is 0 Å². The van der Waals surface area contributed by atoms with Crippen molar-refractivity contribution in [2.24, 2.45) is 10.8 Å². The Balaban J connectivity index is 0. The Bertz CT molecular complexity index is 294. The molecule has 0 amide bonds. The molecule has 0 fully saturated rings. The minimum absolute atomic E-state index is 0. The third-order valence-corrected chi connectivity index (χ3v) is 1.66. The van der Waals surface area contributed by atoms with Gasteiger partial charge in [0, 0.05) is 24.9 Å². The topological polar surface area (TPSA) is 60.4 Å². The number of rotatable bonds is 1. The number of carbonyl (C=O) groups is 3. The summed E-state index contributed by atoms with van der Waals surface area (Å²) >= 11 is 0. The van der Waals surface area contributed by atoms with Crippen LogP contribution in [0, 0.1) is 10.8 Å². The van der Waals surface area contributed by atoms with Crippen LogP contribution in [-0.4, -0.2) is 17.7 Å². The molecule has 0 bridgehead atoms.